The highest BCUT2D eigenvalue weighted by molar-refractivity contribution is 5.51. The summed E-state index contributed by atoms with van der Waals surface area (Å²) in [5.41, 5.74) is 5.15. The van der Waals surface area contributed by atoms with Crippen molar-refractivity contribution in [2.24, 2.45) is 0 Å². The minimum Gasteiger partial charge on any atom is -0.497 e. The summed E-state index contributed by atoms with van der Waals surface area (Å²) >= 11 is 0. The smallest absolute Gasteiger partial charge is 0.119 e. The number of benzene rings is 1. The van der Waals surface area contributed by atoms with Gasteiger partial charge in [-0.05, 0) is 66.3 Å². The van der Waals surface area contributed by atoms with Gasteiger partial charge in [0.05, 0.1) is 7.11 Å². The molecular formula is C17H24O. The Kier molecular flexibility index (Phi) is 2.88. The van der Waals surface area contributed by atoms with Gasteiger partial charge >= 0.3 is 0 Å². The molecule has 1 saturated carbocycles. The van der Waals surface area contributed by atoms with Crippen molar-refractivity contribution in [3.63, 3.8) is 0 Å². The van der Waals surface area contributed by atoms with Gasteiger partial charge in [0.1, 0.15) is 5.75 Å². The van der Waals surface area contributed by atoms with Crippen LogP contribution in [0.3, 0.4) is 0 Å². The van der Waals surface area contributed by atoms with E-state index in [9.17, 15) is 0 Å². The van der Waals surface area contributed by atoms with Crippen LogP contribution in [0.15, 0.2) is 12.1 Å². The van der Waals surface area contributed by atoms with Crippen molar-refractivity contribution in [2.45, 2.75) is 63.7 Å². The second-order valence-electron chi connectivity index (χ2n) is 6.35. The highest BCUT2D eigenvalue weighted by Gasteiger charge is 2.43. The zero-order valence-corrected chi connectivity index (χ0v) is 11.9. The fraction of sp³-hybridized carbons (Fsp3) is 0.647. The Hall–Kier alpha value is -0.980. The summed E-state index contributed by atoms with van der Waals surface area (Å²) in [6.07, 6.45) is 8.36. The van der Waals surface area contributed by atoms with Crippen molar-refractivity contribution in [3.05, 3.63) is 28.8 Å². The van der Waals surface area contributed by atoms with E-state index < -0.39 is 0 Å². The molecule has 0 amide bonds. The molecule has 1 heteroatoms. The van der Waals surface area contributed by atoms with E-state index in [1.165, 1.54) is 44.1 Å². The monoisotopic (exact) mass is 244 g/mol. The molecule has 3 rings (SSSR count). The van der Waals surface area contributed by atoms with E-state index in [0.717, 1.165) is 11.7 Å². The van der Waals surface area contributed by atoms with Crippen LogP contribution in [0.1, 0.15) is 68.1 Å². The molecule has 0 N–H and O–H groups in total. The molecule has 0 radical (unpaired) electrons. The summed E-state index contributed by atoms with van der Waals surface area (Å²) in [5.74, 6) is 1.77. The number of hydrogen-bond acceptors (Lipinski definition) is 1. The predicted octanol–water partition coefficient (Wildman–Crippen LogP) is 4.71. The zero-order valence-electron chi connectivity index (χ0n) is 11.9. The van der Waals surface area contributed by atoms with Gasteiger partial charge in [0, 0.05) is 0 Å². The van der Waals surface area contributed by atoms with Crippen molar-refractivity contribution < 1.29 is 4.74 Å². The molecule has 2 aliphatic rings. The molecule has 18 heavy (non-hydrogen) atoms. The van der Waals surface area contributed by atoms with Crippen LogP contribution < -0.4 is 4.74 Å². The Balaban J connectivity index is 2.13. The second kappa shape index (κ2) is 4.29. The highest BCUT2D eigenvalue weighted by Crippen LogP contribution is 2.54. The summed E-state index contributed by atoms with van der Waals surface area (Å²) in [6.45, 7) is 4.65. The van der Waals surface area contributed by atoms with Gasteiger partial charge in [-0.3, -0.25) is 0 Å². The lowest BCUT2D eigenvalue weighted by molar-refractivity contribution is 0.282. The third-order valence-corrected chi connectivity index (χ3v) is 5.17. The van der Waals surface area contributed by atoms with Crippen LogP contribution in [0.5, 0.6) is 5.75 Å². The molecule has 1 fully saturated rings. The van der Waals surface area contributed by atoms with Gasteiger partial charge in [-0.15, -0.1) is 0 Å². The average molecular weight is 244 g/mol. The summed E-state index contributed by atoms with van der Waals surface area (Å²) in [6, 6.07) is 4.54. The van der Waals surface area contributed by atoms with Crippen molar-refractivity contribution in [1.29, 1.82) is 0 Å². The first-order valence-corrected chi connectivity index (χ1v) is 7.35. The van der Waals surface area contributed by atoms with Crippen molar-refractivity contribution >= 4 is 0 Å². The molecule has 98 valence electrons. The van der Waals surface area contributed by atoms with Crippen molar-refractivity contribution in [3.8, 4) is 5.75 Å². The molecule has 0 aromatic heterocycles. The molecule has 0 aliphatic heterocycles. The molecule has 1 aromatic carbocycles. The molecule has 1 unspecified atom stereocenters. The fourth-order valence-electron chi connectivity index (χ4n) is 4.48. The maximum absolute atomic E-state index is 5.49. The van der Waals surface area contributed by atoms with Gasteiger partial charge in [0.15, 0.2) is 0 Å². The van der Waals surface area contributed by atoms with E-state index in [4.69, 9.17) is 4.74 Å². The van der Waals surface area contributed by atoms with Crippen LogP contribution in [0.2, 0.25) is 0 Å². The Morgan fingerprint density at radius 1 is 1.17 bits per heavy atom. The maximum Gasteiger partial charge on any atom is 0.119 e. The fourth-order valence-corrected chi connectivity index (χ4v) is 4.48. The highest BCUT2D eigenvalue weighted by atomic mass is 16.5. The van der Waals surface area contributed by atoms with Gasteiger partial charge in [0.2, 0.25) is 0 Å². The van der Waals surface area contributed by atoms with Crippen LogP contribution in [0.25, 0.3) is 0 Å². The molecule has 1 atom stereocenters. The molecule has 0 heterocycles. The predicted molar refractivity (Wildman–Crippen MR) is 75.5 cm³/mol. The van der Waals surface area contributed by atoms with Gasteiger partial charge in [-0.1, -0.05) is 26.2 Å². The quantitative estimate of drug-likeness (QED) is 0.695. The number of ether oxygens (including phenoxy) is 1. The number of fused-ring (bicyclic) bond motifs is 2. The van der Waals surface area contributed by atoms with E-state index in [-0.39, 0.29) is 0 Å². The maximum atomic E-state index is 5.49. The summed E-state index contributed by atoms with van der Waals surface area (Å²) in [7, 11) is 1.78. The van der Waals surface area contributed by atoms with Crippen LogP contribution in [-0.2, 0) is 5.41 Å². The first-order valence-electron chi connectivity index (χ1n) is 7.35. The number of rotatable bonds is 1. The minimum absolute atomic E-state index is 0.478. The topological polar surface area (TPSA) is 9.23 Å². The van der Waals surface area contributed by atoms with Crippen LogP contribution >= 0.6 is 0 Å². The summed E-state index contributed by atoms with van der Waals surface area (Å²) in [4.78, 5) is 0. The molecular weight excluding hydrogens is 220 g/mol. The van der Waals surface area contributed by atoms with E-state index in [1.807, 2.05) is 0 Å². The van der Waals surface area contributed by atoms with Crippen LogP contribution in [-0.4, -0.2) is 7.11 Å². The van der Waals surface area contributed by atoms with Crippen LogP contribution in [0, 0.1) is 6.92 Å². The van der Waals surface area contributed by atoms with Gasteiger partial charge < -0.3 is 4.74 Å². The Morgan fingerprint density at radius 3 is 2.56 bits per heavy atom. The van der Waals surface area contributed by atoms with E-state index in [1.54, 1.807) is 18.2 Å². The third-order valence-electron chi connectivity index (χ3n) is 5.17. The molecule has 0 bridgehead atoms. The summed E-state index contributed by atoms with van der Waals surface area (Å²) in [5, 5.41) is 0. The Morgan fingerprint density at radius 2 is 1.89 bits per heavy atom. The number of hydrogen-bond donors (Lipinski definition) is 0. The zero-order chi connectivity index (χ0) is 12.8. The van der Waals surface area contributed by atoms with Gasteiger partial charge in [-0.2, -0.15) is 0 Å². The van der Waals surface area contributed by atoms with Crippen molar-refractivity contribution in [2.75, 3.05) is 7.11 Å². The Labute approximate surface area is 111 Å². The molecule has 1 aromatic rings. The molecule has 0 saturated heterocycles. The minimum atomic E-state index is 0.478. The van der Waals surface area contributed by atoms with Crippen LogP contribution in [0.4, 0.5) is 0 Å². The number of aryl methyl sites for hydroxylation is 1. The lowest BCUT2D eigenvalue weighted by atomic mass is 9.70. The second-order valence-corrected chi connectivity index (χ2v) is 6.35. The van der Waals surface area contributed by atoms with E-state index in [2.05, 4.69) is 26.0 Å². The summed E-state index contributed by atoms with van der Waals surface area (Å²) < 4.78 is 5.49. The Bertz CT molecular complexity index is 455. The van der Waals surface area contributed by atoms with Gasteiger partial charge in [-0.25, -0.2) is 0 Å². The lowest BCUT2D eigenvalue weighted by Crippen LogP contribution is -2.26. The first-order chi connectivity index (χ1) is 8.66. The average Bonchev–Trinajstić information content (AvgIpc) is 2.63. The van der Waals surface area contributed by atoms with Gasteiger partial charge in [0.25, 0.3) is 0 Å². The standard InChI is InChI=1S/C17H24O/c1-12-9-14(18-3)10-15-16(12)13(2)11-17(15)7-5-4-6-8-17/h9-10,13H,4-8,11H2,1-3H3. The number of methoxy groups -OCH3 is 1. The lowest BCUT2D eigenvalue weighted by Gasteiger charge is -2.35. The first kappa shape index (κ1) is 12.1. The molecule has 1 nitrogen and oxygen atoms in total. The largest absolute Gasteiger partial charge is 0.497 e. The molecule has 2 aliphatic carbocycles. The normalized spacial score (nSPS) is 25.2. The molecule has 1 spiro atoms. The van der Waals surface area contributed by atoms with E-state index in [0.29, 0.717) is 5.41 Å². The van der Waals surface area contributed by atoms with E-state index >= 15 is 0 Å². The van der Waals surface area contributed by atoms with Crippen molar-refractivity contribution in [1.82, 2.24) is 0 Å². The SMILES string of the molecule is COc1cc(C)c2c(c1)C1(CCCCC1)CC2C. The third kappa shape index (κ3) is 1.67.